The maximum absolute atomic E-state index is 13.1. The van der Waals surface area contributed by atoms with Crippen molar-refractivity contribution in [1.82, 2.24) is 0 Å². The van der Waals surface area contributed by atoms with Gasteiger partial charge in [-0.1, -0.05) is 24.3 Å². The smallest absolute Gasteiger partial charge is 0.327 e. The summed E-state index contributed by atoms with van der Waals surface area (Å²) in [6, 6.07) is 13.5. The van der Waals surface area contributed by atoms with Gasteiger partial charge in [0.1, 0.15) is 6.54 Å². The fourth-order valence-electron chi connectivity index (χ4n) is 2.55. The van der Waals surface area contributed by atoms with Gasteiger partial charge < -0.3 is 4.74 Å². The number of aryl methyl sites for hydroxylation is 2. The predicted octanol–water partition coefficient (Wildman–Crippen LogP) is 3.45. The summed E-state index contributed by atoms with van der Waals surface area (Å²) in [4.78, 5) is 12.3. The van der Waals surface area contributed by atoms with Crippen molar-refractivity contribution in [2.24, 2.45) is 0 Å². The number of sulfonamides is 1. The van der Waals surface area contributed by atoms with Crippen molar-refractivity contribution < 1.29 is 17.9 Å². The Morgan fingerprint density at radius 2 is 1.60 bits per heavy atom. The lowest BCUT2D eigenvalue weighted by Crippen LogP contribution is -2.37. The quantitative estimate of drug-likeness (QED) is 0.739. The number of anilines is 1. The molecule has 6 heteroatoms. The summed E-state index contributed by atoms with van der Waals surface area (Å²) in [6.07, 6.45) is -0.312. The highest BCUT2D eigenvalue weighted by Gasteiger charge is 2.28. The summed E-state index contributed by atoms with van der Waals surface area (Å²) in [5.74, 6) is -0.589. The van der Waals surface area contributed by atoms with E-state index in [2.05, 4.69) is 0 Å². The van der Waals surface area contributed by atoms with Gasteiger partial charge in [-0.3, -0.25) is 9.10 Å². The van der Waals surface area contributed by atoms with E-state index < -0.39 is 16.0 Å². The third kappa shape index (κ3) is 4.82. The third-order valence-corrected chi connectivity index (χ3v) is 5.25. The van der Waals surface area contributed by atoms with E-state index in [1.807, 2.05) is 19.9 Å². The summed E-state index contributed by atoms with van der Waals surface area (Å²) in [7, 11) is -3.89. The SMILES string of the molecule is Cc1cc(C)cc(N(CC(=O)OC(C)C)S(=O)(=O)c2ccccc2)c1. The van der Waals surface area contributed by atoms with E-state index in [4.69, 9.17) is 4.74 Å². The van der Waals surface area contributed by atoms with E-state index in [1.165, 1.54) is 12.1 Å². The molecule has 0 heterocycles. The third-order valence-electron chi connectivity index (χ3n) is 3.47. The van der Waals surface area contributed by atoms with Crippen LogP contribution < -0.4 is 4.31 Å². The fourth-order valence-corrected chi connectivity index (χ4v) is 3.96. The number of hydrogen-bond donors (Lipinski definition) is 0. The van der Waals surface area contributed by atoms with Crippen LogP contribution >= 0.6 is 0 Å². The Hall–Kier alpha value is -2.34. The van der Waals surface area contributed by atoms with Crippen molar-refractivity contribution in [3.8, 4) is 0 Å². The highest BCUT2D eigenvalue weighted by molar-refractivity contribution is 7.92. The first-order chi connectivity index (χ1) is 11.7. The van der Waals surface area contributed by atoms with Crippen LogP contribution in [0.1, 0.15) is 25.0 Å². The number of nitrogens with zero attached hydrogens (tertiary/aromatic N) is 1. The molecule has 0 unspecified atom stereocenters. The van der Waals surface area contributed by atoms with Crippen LogP contribution in [0.3, 0.4) is 0 Å². The lowest BCUT2D eigenvalue weighted by atomic mass is 10.1. The molecular weight excluding hydrogens is 338 g/mol. The number of rotatable bonds is 6. The van der Waals surface area contributed by atoms with Crippen LogP contribution in [0.25, 0.3) is 0 Å². The van der Waals surface area contributed by atoms with Gasteiger partial charge in [0, 0.05) is 0 Å². The minimum atomic E-state index is -3.89. The maximum Gasteiger partial charge on any atom is 0.327 e. The molecule has 0 bridgehead atoms. The van der Waals surface area contributed by atoms with Gasteiger partial charge in [0.05, 0.1) is 16.7 Å². The number of esters is 1. The average Bonchev–Trinajstić information content (AvgIpc) is 2.51. The van der Waals surface area contributed by atoms with Crippen molar-refractivity contribution in [3.05, 3.63) is 59.7 Å². The van der Waals surface area contributed by atoms with Crippen LogP contribution in [-0.2, 0) is 19.6 Å². The second-order valence-corrected chi connectivity index (χ2v) is 8.07. The predicted molar refractivity (Wildman–Crippen MR) is 98.1 cm³/mol. The molecule has 0 aliphatic heterocycles. The summed E-state index contributed by atoms with van der Waals surface area (Å²) in [5, 5.41) is 0. The largest absolute Gasteiger partial charge is 0.462 e. The van der Waals surface area contributed by atoms with E-state index in [1.54, 1.807) is 44.2 Å². The Morgan fingerprint density at radius 1 is 1.04 bits per heavy atom. The van der Waals surface area contributed by atoms with Crippen LogP contribution in [0, 0.1) is 13.8 Å². The van der Waals surface area contributed by atoms with Gasteiger partial charge in [-0.05, 0) is 63.1 Å². The van der Waals surface area contributed by atoms with Crippen LogP contribution in [0.5, 0.6) is 0 Å². The van der Waals surface area contributed by atoms with Crippen LogP contribution in [0.15, 0.2) is 53.4 Å². The van der Waals surface area contributed by atoms with Crippen molar-refractivity contribution in [2.75, 3.05) is 10.8 Å². The minimum Gasteiger partial charge on any atom is -0.462 e. The first kappa shape index (κ1) is 19.0. The molecule has 0 radical (unpaired) electrons. The topological polar surface area (TPSA) is 63.7 Å². The van der Waals surface area contributed by atoms with Gasteiger partial charge >= 0.3 is 5.97 Å². The van der Waals surface area contributed by atoms with Gasteiger partial charge in [0.25, 0.3) is 10.0 Å². The minimum absolute atomic E-state index is 0.131. The second kappa shape index (κ2) is 7.70. The zero-order chi connectivity index (χ0) is 18.6. The molecular formula is C19H23NO4S. The maximum atomic E-state index is 13.1. The Labute approximate surface area is 149 Å². The first-order valence-corrected chi connectivity index (χ1v) is 9.49. The summed E-state index contributed by atoms with van der Waals surface area (Å²) >= 11 is 0. The van der Waals surface area contributed by atoms with Gasteiger partial charge in [0.2, 0.25) is 0 Å². The summed E-state index contributed by atoms with van der Waals surface area (Å²) in [6.45, 7) is 6.85. The van der Waals surface area contributed by atoms with E-state index in [0.29, 0.717) is 5.69 Å². The first-order valence-electron chi connectivity index (χ1n) is 8.05. The number of benzene rings is 2. The lowest BCUT2D eigenvalue weighted by molar-refractivity contribution is -0.145. The molecule has 0 fully saturated rings. The van der Waals surface area contributed by atoms with Crippen molar-refractivity contribution in [1.29, 1.82) is 0 Å². The van der Waals surface area contributed by atoms with E-state index in [-0.39, 0.29) is 17.5 Å². The van der Waals surface area contributed by atoms with Crippen LogP contribution in [0.4, 0.5) is 5.69 Å². The highest BCUT2D eigenvalue weighted by atomic mass is 32.2. The molecule has 2 rings (SSSR count). The van der Waals surface area contributed by atoms with E-state index in [9.17, 15) is 13.2 Å². The molecule has 5 nitrogen and oxygen atoms in total. The number of carbonyl (C=O) groups excluding carboxylic acids is 1. The zero-order valence-corrected chi connectivity index (χ0v) is 15.7. The number of hydrogen-bond acceptors (Lipinski definition) is 4. The summed E-state index contributed by atoms with van der Waals surface area (Å²) < 4.78 is 32.4. The Morgan fingerprint density at radius 3 is 2.12 bits per heavy atom. The van der Waals surface area contributed by atoms with Crippen LogP contribution in [0.2, 0.25) is 0 Å². The Balaban J connectivity index is 2.50. The molecule has 0 N–H and O–H groups in total. The average molecular weight is 361 g/mol. The van der Waals surface area contributed by atoms with Crippen LogP contribution in [-0.4, -0.2) is 27.0 Å². The lowest BCUT2D eigenvalue weighted by Gasteiger charge is -2.25. The molecule has 25 heavy (non-hydrogen) atoms. The number of carbonyl (C=O) groups is 1. The standard InChI is InChI=1S/C19H23NO4S/c1-14(2)24-19(21)13-20(17-11-15(3)10-16(4)12-17)25(22,23)18-8-6-5-7-9-18/h5-12,14H,13H2,1-4H3. The molecule has 0 atom stereocenters. The molecule has 2 aromatic carbocycles. The molecule has 0 amide bonds. The molecule has 0 aromatic heterocycles. The molecule has 2 aromatic rings. The fraction of sp³-hybridized carbons (Fsp3) is 0.316. The van der Waals surface area contributed by atoms with E-state index in [0.717, 1.165) is 15.4 Å². The van der Waals surface area contributed by atoms with Gasteiger partial charge in [-0.2, -0.15) is 0 Å². The van der Waals surface area contributed by atoms with Gasteiger partial charge in [-0.25, -0.2) is 8.42 Å². The van der Waals surface area contributed by atoms with Crippen molar-refractivity contribution in [2.45, 2.75) is 38.7 Å². The highest BCUT2D eigenvalue weighted by Crippen LogP contribution is 2.26. The molecule has 0 aliphatic carbocycles. The number of ether oxygens (including phenoxy) is 1. The monoisotopic (exact) mass is 361 g/mol. The summed E-state index contributed by atoms with van der Waals surface area (Å²) in [5.41, 5.74) is 2.28. The molecule has 0 saturated carbocycles. The Bertz CT molecular complexity index is 825. The zero-order valence-electron chi connectivity index (χ0n) is 14.9. The molecule has 0 saturated heterocycles. The van der Waals surface area contributed by atoms with Gasteiger partial charge in [-0.15, -0.1) is 0 Å². The van der Waals surface area contributed by atoms with Gasteiger partial charge in [0.15, 0.2) is 0 Å². The van der Waals surface area contributed by atoms with Crippen molar-refractivity contribution >= 4 is 21.7 Å². The Kier molecular flexibility index (Phi) is 5.85. The van der Waals surface area contributed by atoms with E-state index >= 15 is 0 Å². The molecule has 0 spiro atoms. The second-order valence-electron chi connectivity index (χ2n) is 6.21. The van der Waals surface area contributed by atoms with Crippen molar-refractivity contribution in [3.63, 3.8) is 0 Å². The molecule has 134 valence electrons. The molecule has 0 aliphatic rings. The normalized spacial score (nSPS) is 11.4.